The number of para-hydroxylation sites is 1. The lowest BCUT2D eigenvalue weighted by Crippen LogP contribution is -2.42. The highest BCUT2D eigenvalue weighted by Gasteiger charge is 2.23. The molecule has 1 aliphatic heterocycles. The van der Waals surface area contributed by atoms with E-state index in [-0.39, 0.29) is 12.0 Å². The number of likely N-dealkylation sites (tertiary alicyclic amines) is 1. The first-order valence-corrected chi connectivity index (χ1v) is 13.3. The summed E-state index contributed by atoms with van der Waals surface area (Å²) < 4.78 is 5.72. The minimum Gasteiger partial charge on any atom is -0.446 e. The van der Waals surface area contributed by atoms with E-state index < -0.39 is 6.09 Å². The van der Waals surface area contributed by atoms with Crippen LogP contribution in [-0.2, 0) is 9.53 Å². The van der Waals surface area contributed by atoms with Crippen molar-refractivity contribution in [2.45, 2.75) is 44.6 Å². The van der Waals surface area contributed by atoms with Gasteiger partial charge in [-0.15, -0.1) is 0 Å². The van der Waals surface area contributed by atoms with Crippen LogP contribution >= 0.6 is 15.9 Å². The fraction of sp³-hybridized carbons (Fsp3) is 0.481. The van der Waals surface area contributed by atoms with E-state index in [1.165, 1.54) is 0 Å². The largest absolute Gasteiger partial charge is 0.446 e. The van der Waals surface area contributed by atoms with Gasteiger partial charge in [0.25, 0.3) is 0 Å². The summed E-state index contributed by atoms with van der Waals surface area (Å²) in [5, 5.41) is 3.92. The SMILES string of the molecule is CN(CCN1CCC(OC(=O)Nc2ccccc2-c2ccccc2)CC1)C(=O)CCCCCBr. The number of halogens is 1. The van der Waals surface area contributed by atoms with Gasteiger partial charge in [-0.1, -0.05) is 70.9 Å². The number of piperidine rings is 1. The lowest BCUT2D eigenvalue weighted by atomic mass is 10.0. The van der Waals surface area contributed by atoms with E-state index in [9.17, 15) is 9.59 Å². The van der Waals surface area contributed by atoms with Gasteiger partial charge in [-0.2, -0.15) is 0 Å². The van der Waals surface area contributed by atoms with Crippen LogP contribution < -0.4 is 5.32 Å². The summed E-state index contributed by atoms with van der Waals surface area (Å²) in [5.74, 6) is 0.222. The van der Waals surface area contributed by atoms with Gasteiger partial charge < -0.3 is 14.5 Å². The summed E-state index contributed by atoms with van der Waals surface area (Å²) in [4.78, 5) is 29.0. The maximum absolute atomic E-state index is 12.6. The summed E-state index contributed by atoms with van der Waals surface area (Å²) in [5.41, 5.74) is 2.77. The molecule has 6 nitrogen and oxygen atoms in total. The lowest BCUT2D eigenvalue weighted by molar-refractivity contribution is -0.130. The van der Waals surface area contributed by atoms with Crippen molar-refractivity contribution in [3.05, 3.63) is 54.6 Å². The molecule has 1 saturated heterocycles. The van der Waals surface area contributed by atoms with E-state index in [0.29, 0.717) is 6.42 Å². The van der Waals surface area contributed by atoms with Crippen LogP contribution in [0.3, 0.4) is 0 Å². The monoisotopic (exact) mass is 529 g/mol. The third-order valence-corrected chi connectivity index (χ3v) is 6.82. The van der Waals surface area contributed by atoms with Crippen molar-refractivity contribution in [2.24, 2.45) is 0 Å². The second-order valence-corrected chi connectivity index (χ2v) is 9.59. The van der Waals surface area contributed by atoms with Crippen molar-refractivity contribution in [3.8, 4) is 11.1 Å². The quantitative estimate of drug-likeness (QED) is 0.296. The summed E-state index contributed by atoms with van der Waals surface area (Å²) >= 11 is 3.43. The first-order valence-electron chi connectivity index (χ1n) is 12.2. The zero-order valence-corrected chi connectivity index (χ0v) is 21.6. The molecule has 184 valence electrons. The molecule has 1 aliphatic rings. The molecule has 1 heterocycles. The summed E-state index contributed by atoms with van der Waals surface area (Å²) in [7, 11) is 1.89. The van der Waals surface area contributed by atoms with Gasteiger partial charge in [-0.05, 0) is 37.3 Å². The van der Waals surface area contributed by atoms with Gasteiger partial charge >= 0.3 is 6.09 Å². The van der Waals surface area contributed by atoms with Crippen LogP contribution in [0.1, 0.15) is 38.5 Å². The number of hydrogen-bond acceptors (Lipinski definition) is 4. The number of hydrogen-bond donors (Lipinski definition) is 1. The highest BCUT2D eigenvalue weighted by molar-refractivity contribution is 9.09. The van der Waals surface area contributed by atoms with Gasteiger partial charge in [0, 0.05) is 50.5 Å². The highest BCUT2D eigenvalue weighted by Crippen LogP contribution is 2.28. The number of anilines is 1. The molecule has 0 saturated carbocycles. The average Bonchev–Trinajstić information content (AvgIpc) is 2.86. The maximum atomic E-state index is 12.6. The molecule has 0 bridgehead atoms. The van der Waals surface area contributed by atoms with Crippen molar-refractivity contribution in [1.82, 2.24) is 9.80 Å². The smallest absolute Gasteiger partial charge is 0.411 e. The van der Waals surface area contributed by atoms with Crippen LogP contribution in [0, 0.1) is 0 Å². The van der Waals surface area contributed by atoms with Crippen molar-refractivity contribution in [3.63, 3.8) is 0 Å². The molecule has 2 amide bonds. The fourth-order valence-corrected chi connectivity index (χ4v) is 4.55. The van der Waals surface area contributed by atoms with Gasteiger partial charge in [0.2, 0.25) is 5.91 Å². The Morgan fingerprint density at radius 2 is 1.74 bits per heavy atom. The standard InChI is InChI=1S/C27H36BrN3O3/c1-30(26(32)14-6-3-9-17-28)20-21-31-18-15-23(16-19-31)34-27(33)29-25-13-8-7-12-24(25)22-10-4-2-5-11-22/h2,4-5,7-8,10-13,23H,3,6,9,14-21H2,1H3,(H,29,33). The number of likely N-dealkylation sites (N-methyl/N-ethyl adjacent to an activating group) is 1. The fourth-order valence-electron chi connectivity index (χ4n) is 4.16. The Hall–Kier alpha value is -2.38. The molecule has 1 fully saturated rings. The molecule has 2 aromatic rings. The first kappa shape index (κ1) is 26.2. The summed E-state index contributed by atoms with van der Waals surface area (Å²) in [6.45, 7) is 3.32. The molecular weight excluding hydrogens is 494 g/mol. The molecule has 7 heteroatoms. The Kier molecular flexibility index (Phi) is 10.9. The molecule has 0 atom stereocenters. The number of nitrogens with zero attached hydrogens (tertiary/aromatic N) is 2. The topological polar surface area (TPSA) is 61.9 Å². The van der Waals surface area contributed by atoms with Gasteiger partial charge in [-0.3, -0.25) is 10.1 Å². The van der Waals surface area contributed by atoms with Crippen LogP contribution in [0.25, 0.3) is 11.1 Å². The van der Waals surface area contributed by atoms with Gasteiger partial charge in [0.05, 0.1) is 5.69 Å². The lowest BCUT2D eigenvalue weighted by Gasteiger charge is -2.32. The van der Waals surface area contributed by atoms with Crippen LogP contribution in [-0.4, -0.2) is 66.5 Å². The molecule has 0 unspecified atom stereocenters. The molecule has 0 aliphatic carbocycles. The highest BCUT2D eigenvalue weighted by atomic mass is 79.9. The minimum atomic E-state index is -0.410. The van der Waals surface area contributed by atoms with Crippen LogP contribution in [0.2, 0.25) is 0 Å². The van der Waals surface area contributed by atoms with Gasteiger partial charge in [-0.25, -0.2) is 4.79 Å². The third kappa shape index (κ3) is 8.44. The van der Waals surface area contributed by atoms with E-state index in [0.717, 1.165) is 80.4 Å². The molecule has 34 heavy (non-hydrogen) atoms. The number of ether oxygens (including phenoxy) is 1. The molecule has 0 spiro atoms. The molecule has 1 N–H and O–H groups in total. The second kappa shape index (κ2) is 14.1. The van der Waals surface area contributed by atoms with Gasteiger partial charge in [0.15, 0.2) is 0 Å². The third-order valence-electron chi connectivity index (χ3n) is 6.26. The zero-order valence-electron chi connectivity index (χ0n) is 20.0. The normalized spacial score (nSPS) is 14.5. The number of rotatable bonds is 11. The summed E-state index contributed by atoms with van der Waals surface area (Å²) in [6.07, 6.45) is 4.89. The number of unbranched alkanes of at least 4 members (excludes halogenated alkanes) is 2. The number of carbonyl (C=O) groups is 2. The van der Waals surface area contributed by atoms with Crippen molar-refractivity contribution < 1.29 is 14.3 Å². The summed E-state index contributed by atoms with van der Waals surface area (Å²) in [6, 6.07) is 17.8. The number of nitrogens with one attached hydrogen (secondary N) is 1. The van der Waals surface area contributed by atoms with E-state index in [4.69, 9.17) is 4.74 Å². The van der Waals surface area contributed by atoms with Crippen LogP contribution in [0.4, 0.5) is 10.5 Å². The van der Waals surface area contributed by atoms with Crippen molar-refractivity contribution in [2.75, 3.05) is 43.9 Å². The first-order chi connectivity index (χ1) is 16.6. The Balaban J connectivity index is 1.38. The van der Waals surface area contributed by atoms with Gasteiger partial charge in [0.1, 0.15) is 6.10 Å². The zero-order chi connectivity index (χ0) is 24.2. The van der Waals surface area contributed by atoms with Crippen LogP contribution in [0.5, 0.6) is 0 Å². The predicted molar refractivity (Wildman–Crippen MR) is 141 cm³/mol. The Bertz CT molecular complexity index is 901. The number of alkyl halides is 1. The van der Waals surface area contributed by atoms with E-state index in [1.807, 2.05) is 66.5 Å². The molecular formula is C27H36BrN3O3. The number of amides is 2. The average molecular weight is 531 g/mol. The van der Waals surface area contributed by atoms with E-state index >= 15 is 0 Å². The van der Waals surface area contributed by atoms with Crippen molar-refractivity contribution in [1.29, 1.82) is 0 Å². The number of benzene rings is 2. The predicted octanol–water partition coefficient (Wildman–Crippen LogP) is 5.78. The Morgan fingerprint density at radius 3 is 2.47 bits per heavy atom. The minimum absolute atomic E-state index is 0.0890. The Morgan fingerprint density at radius 1 is 1.03 bits per heavy atom. The second-order valence-electron chi connectivity index (χ2n) is 8.80. The number of carbonyl (C=O) groups excluding carboxylic acids is 2. The van der Waals surface area contributed by atoms with Crippen molar-refractivity contribution >= 4 is 33.6 Å². The molecule has 0 aromatic heterocycles. The molecule has 3 rings (SSSR count). The van der Waals surface area contributed by atoms with E-state index in [1.54, 1.807) is 0 Å². The van der Waals surface area contributed by atoms with E-state index in [2.05, 4.69) is 26.1 Å². The Labute approximate surface area is 211 Å². The van der Waals surface area contributed by atoms with Crippen LogP contribution in [0.15, 0.2) is 54.6 Å². The molecule has 2 aromatic carbocycles. The molecule has 0 radical (unpaired) electrons. The maximum Gasteiger partial charge on any atom is 0.411 e.